The van der Waals surface area contributed by atoms with E-state index in [0.717, 1.165) is 5.56 Å². The molecule has 5 nitrogen and oxygen atoms in total. The van der Waals surface area contributed by atoms with Crippen LogP contribution in [0.15, 0.2) is 42.5 Å². The van der Waals surface area contributed by atoms with Gasteiger partial charge in [0.05, 0.1) is 5.69 Å². The SMILES string of the molecule is CC1Oc2ccc(NC(=O)CCc3cccc(F)c3)cc2N(C)C1=O. The van der Waals surface area contributed by atoms with Crippen molar-refractivity contribution in [1.29, 1.82) is 0 Å². The maximum atomic E-state index is 13.2. The molecule has 6 heteroatoms. The number of halogens is 1. The zero-order valence-corrected chi connectivity index (χ0v) is 14.1. The fourth-order valence-corrected chi connectivity index (χ4v) is 2.76. The number of nitrogens with zero attached hydrogens (tertiary/aromatic N) is 1. The number of nitrogens with one attached hydrogen (secondary N) is 1. The molecule has 1 atom stereocenters. The van der Waals surface area contributed by atoms with E-state index < -0.39 is 6.10 Å². The van der Waals surface area contributed by atoms with Crippen LogP contribution in [0.1, 0.15) is 18.9 Å². The van der Waals surface area contributed by atoms with Crippen molar-refractivity contribution in [3.8, 4) is 5.75 Å². The number of benzene rings is 2. The molecule has 3 rings (SSSR count). The molecule has 0 spiro atoms. The first kappa shape index (κ1) is 17.0. The third-order valence-electron chi connectivity index (χ3n) is 4.12. The van der Waals surface area contributed by atoms with Gasteiger partial charge in [-0.1, -0.05) is 12.1 Å². The van der Waals surface area contributed by atoms with Crippen LogP contribution in [0.3, 0.4) is 0 Å². The third-order valence-corrected chi connectivity index (χ3v) is 4.12. The third kappa shape index (κ3) is 3.79. The predicted octanol–water partition coefficient (Wildman–Crippen LogP) is 3.14. The average Bonchev–Trinajstić information content (AvgIpc) is 2.59. The minimum absolute atomic E-state index is 0.137. The highest BCUT2D eigenvalue weighted by molar-refractivity contribution is 6.00. The standard InChI is InChI=1S/C19H19FN2O3/c1-12-19(24)22(2)16-11-15(7-8-17(16)25-12)21-18(23)9-6-13-4-3-5-14(20)10-13/h3-5,7-8,10-12H,6,9H2,1-2H3,(H,21,23). The number of fused-ring (bicyclic) bond motifs is 1. The molecular weight excluding hydrogens is 323 g/mol. The highest BCUT2D eigenvalue weighted by atomic mass is 19.1. The van der Waals surface area contributed by atoms with E-state index in [0.29, 0.717) is 23.5 Å². The number of hydrogen-bond donors (Lipinski definition) is 1. The molecule has 0 bridgehead atoms. The fourth-order valence-electron chi connectivity index (χ4n) is 2.76. The quantitative estimate of drug-likeness (QED) is 0.929. The number of carbonyl (C=O) groups is 2. The Morgan fingerprint density at radius 2 is 2.08 bits per heavy atom. The smallest absolute Gasteiger partial charge is 0.267 e. The van der Waals surface area contributed by atoms with Crippen LogP contribution in [-0.4, -0.2) is 25.0 Å². The van der Waals surface area contributed by atoms with Crippen LogP contribution < -0.4 is 15.0 Å². The zero-order valence-electron chi connectivity index (χ0n) is 14.1. The maximum Gasteiger partial charge on any atom is 0.267 e. The van der Waals surface area contributed by atoms with Gasteiger partial charge >= 0.3 is 0 Å². The van der Waals surface area contributed by atoms with E-state index in [1.165, 1.54) is 17.0 Å². The second-order valence-electron chi connectivity index (χ2n) is 6.02. The molecule has 2 aromatic carbocycles. The highest BCUT2D eigenvalue weighted by Crippen LogP contribution is 2.35. The van der Waals surface area contributed by atoms with Crippen LogP contribution in [-0.2, 0) is 16.0 Å². The summed E-state index contributed by atoms with van der Waals surface area (Å²) in [6.07, 6.45) is 0.167. The Balaban J connectivity index is 1.65. The summed E-state index contributed by atoms with van der Waals surface area (Å²) in [6.45, 7) is 1.70. The van der Waals surface area contributed by atoms with Gasteiger partial charge < -0.3 is 15.0 Å². The highest BCUT2D eigenvalue weighted by Gasteiger charge is 2.29. The van der Waals surface area contributed by atoms with Crippen LogP contribution in [0.5, 0.6) is 5.75 Å². The largest absolute Gasteiger partial charge is 0.479 e. The van der Waals surface area contributed by atoms with Crippen molar-refractivity contribution in [2.24, 2.45) is 0 Å². The molecule has 1 aliphatic heterocycles. The lowest BCUT2D eigenvalue weighted by Gasteiger charge is -2.30. The summed E-state index contributed by atoms with van der Waals surface area (Å²) in [4.78, 5) is 25.6. The molecule has 1 N–H and O–H groups in total. The van der Waals surface area contributed by atoms with E-state index in [1.54, 1.807) is 44.3 Å². The molecule has 130 valence electrons. The first-order valence-electron chi connectivity index (χ1n) is 8.06. The van der Waals surface area contributed by atoms with Gasteiger partial charge in [-0.3, -0.25) is 9.59 Å². The van der Waals surface area contributed by atoms with Crippen molar-refractivity contribution in [3.63, 3.8) is 0 Å². The Kier molecular flexibility index (Phi) is 4.70. The van der Waals surface area contributed by atoms with Crippen LogP contribution in [0.25, 0.3) is 0 Å². The lowest BCUT2D eigenvalue weighted by Crippen LogP contribution is -2.41. The lowest BCUT2D eigenvalue weighted by atomic mass is 10.1. The maximum absolute atomic E-state index is 13.2. The first-order chi connectivity index (χ1) is 11.9. The summed E-state index contributed by atoms with van der Waals surface area (Å²) >= 11 is 0. The Bertz CT molecular complexity index is 822. The summed E-state index contributed by atoms with van der Waals surface area (Å²) in [7, 11) is 1.68. The Hall–Kier alpha value is -2.89. The van der Waals surface area contributed by atoms with E-state index in [1.807, 2.05) is 0 Å². The monoisotopic (exact) mass is 342 g/mol. The topological polar surface area (TPSA) is 58.6 Å². The number of carbonyl (C=O) groups excluding carboxylic acids is 2. The Labute approximate surface area is 145 Å². The second-order valence-corrected chi connectivity index (χ2v) is 6.02. The van der Waals surface area contributed by atoms with Gasteiger partial charge in [0, 0.05) is 19.2 Å². The number of aryl methyl sites for hydroxylation is 1. The van der Waals surface area contributed by atoms with Crippen molar-refractivity contribution >= 4 is 23.2 Å². The van der Waals surface area contributed by atoms with E-state index in [4.69, 9.17) is 4.74 Å². The Morgan fingerprint density at radius 3 is 2.84 bits per heavy atom. The summed E-state index contributed by atoms with van der Waals surface area (Å²) < 4.78 is 18.7. The molecule has 2 aromatic rings. The van der Waals surface area contributed by atoms with Gasteiger partial charge in [0.2, 0.25) is 5.91 Å². The van der Waals surface area contributed by atoms with Gasteiger partial charge in [-0.25, -0.2) is 4.39 Å². The van der Waals surface area contributed by atoms with Gasteiger partial charge in [0.1, 0.15) is 11.6 Å². The summed E-state index contributed by atoms with van der Waals surface area (Å²) in [5.41, 5.74) is 1.97. The molecule has 25 heavy (non-hydrogen) atoms. The Morgan fingerprint density at radius 1 is 1.28 bits per heavy atom. The van der Waals surface area contributed by atoms with Crippen molar-refractivity contribution in [2.75, 3.05) is 17.3 Å². The second kappa shape index (κ2) is 6.93. The number of rotatable bonds is 4. The van der Waals surface area contributed by atoms with Crippen molar-refractivity contribution in [3.05, 3.63) is 53.8 Å². The van der Waals surface area contributed by atoms with Crippen molar-refractivity contribution in [1.82, 2.24) is 0 Å². The van der Waals surface area contributed by atoms with Crippen LogP contribution in [0, 0.1) is 5.82 Å². The molecule has 1 heterocycles. The fraction of sp³-hybridized carbons (Fsp3) is 0.263. The molecule has 1 aliphatic rings. The molecule has 2 amide bonds. The van der Waals surface area contributed by atoms with Crippen LogP contribution >= 0.6 is 0 Å². The molecule has 0 radical (unpaired) electrons. The number of ether oxygens (including phenoxy) is 1. The van der Waals surface area contributed by atoms with Gasteiger partial charge in [0.25, 0.3) is 5.91 Å². The van der Waals surface area contributed by atoms with Crippen molar-refractivity contribution in [2.45, 2.75) is 25.9 Å². The molecule has 1 unspecified atom stereocenters. The van der Waals surface area contributed by atoms with E-state index >= 15 is 0 Å². The summed E-state index contributed by atoms with van der Waals surface area (Å²) in [5.74, 6) is -0.0211. The molecule has 0 saturated carbocycles. The van der Waals surface area contributed by atoms with Crippen molar-refractivity contribution < 1.29 is 18.7 Å². The first-order valence-corrected chi connectivity index (χ1v) is 8.06. The summed E-state index contributed by atoms with van der Waals surface area (Å²) in [5, 5.41) is 2.80. The van der Waals surface area contributed by atoms with Gasteiger partial charge in [-0.15, -0.1) is 0 Å². The minimum atomic E-state index is -0.524. The number of likely N-dealkylation sites (N-methyl/N-ethyl adjacent to an activating group) is 1. The molecule has 0 aliphatic carbocycles. The number of amides is 2. The van der Waals surface area contributed by atoms with Crippen LogP contribution in [0.4, 0.5) is 15.8 Å². The normalized spacial score (nSPS) is 16.2. The van der Waals surface area contributed by atoms with Gasteiger partial charge in [0.15, 0.2) is 6.10 Å². The van der Waals surface area contributed by atoms with Gasteiger partial charge in [-0.2, -0.15) is 0 Å². The summed E-state index contributed by atoms with van der Waals surface area (Å²) in [6, 6.07) is 11.4. The van der Waals surface area contributed by atoms with Gasteiger partial charge in [-0.05, 0) is 49.2 Å². The molecular formula is C19H19FN2O3. The lowest BCUT2D eigenvalue weighted by molar-refractivity contribution is -0.125. The number of anilines is 2. The van der Waals surface area contributed by atoms with E-state index in [-0.39, 0.29) is 24.1 Å². The zero-order chi connectivity index (χ0) is 18.0. The van der Waals surface area contributed by atoms with E-state index in [2.05, 4.69) is 5.32 Å². The van der Waals surface area contributed by atoms with Crippen LogP contribution in [0.2, 0.25) is 0 Å². The van der Waals surface area contributed by atoms with E-state index in [9.17, 15) is 14.0 Å². The molecule has 0 saturated heterocycles. The predicted molar refractivity (Wildman–Crippen MR) is 93.3 cm³/mol. The average molecular weight is 342 g/mol. The molecule has 0 fully saturated rings. The minimum Gasteiger partial charge on any atom is -0.479 e. The number of hydrogen-bond acceptors (Lipinski definition) is 3. The molecule has 0 aromatic heterocycles.